The van der Waals surface area contributed by atoms with Crippen molar-refractivity contribution in [1.82, 2.24) is 30.0 Å². The van der Waals surface area contributed by atoms with Crippen LogP contribution in [0.1, 0.15) is 36.9 Å². The molecule has 2 aromatic carbocycles. The zero-order chi connectivity index (χ0) is 22.6. The molecule has 0 spiro atoms. The minimum absolute atomic E-state index is 0.0823. The molecule has 0 amide bonds. The van der Waals surface area contributed by atoms with Gasteiger partial charge in [-0.05, 0) is 68.6 Å². The number of aromatic amines is 1. The summed E-state index contributed by atoms with van der Waals surface area (Å²) in [6, 6.07) is 16.7. The Labute approximate surface area is 193 Å². The number of aromatic nitrogens is 4. The van der Waals surface area contributed by atoms with E-state index in [-0.39, 0.29) is 12.1 Å². The Kier molecular flexibility index (Phi) is 6.51. The van der Waals surface area contributed by atoms with E-state index in [1.165, 1.54) is 16.5 Å². The van der Waals surface area contributed by atoms with Crippen molar-refractivity contribution >= 4 is 10.9 Å². The highest BCUT2D eigenvalue weighted by molar-refractivity contribution is 5.85. The maximum Gasteiger partial charge on any atom is 0.128 e. The molecule has 6 nitrogen and oxygen atoms in total. The van der Waals surface area contributed by atoms with E-state index in [1.807, 2.05) is 22.8 Å². The Balaban J connectivity index is 1.13. The van der Waals surface area contributed by atoms with Crippen LogP contribution in [0.3, 0.4) is 0 Å². The summed E-state index contributed by atoms with van der Waals surface area (Å²) in [5, 5.41) is 12.5. The summed E-state index contributed by atoms with van der Waals surface area (Å²) in [4.78, 5) is 5.64. The number of nitrogens with one attached hydrogen (secondary N) is 2. The van der Waals surface area contributed by atoms with Crippen LogP contribution in [0, 0.1) is 0 Å². The van der Waals surface area contributed by atoms with E-state index in [1.54, 1.807) is 12.7 Å². The van der Waals surface area contributed by atoms with Crippen molar-refractivity contribution in [3.8, 4) is 5.69 Å². The molecule has 3 heterocycles. The number of aryl methyl sites for hydroxylation is 1. The molecule has 33 heavy (non-hydrogen) atoms. The number of fused-ring (bicyclic) bond motifs is 1. The highest BCUT2D eigenvalue weighted by Crippen LogP contribution is 2.24. The van der Waals surface area contributed by atoms with Crippen LogP contribution >= 0.6 is 0 Å². The number of likely N-dealkylation sites (tertiary alicyclic amines) is 1. The second-order valence-electron chi connectivity index (χ2n) is 9.03. The van der Waals surface area contributed by atoms with Gasteiger partial charge in [-0.3, -0.25) is 4.57 Å². The lowest BCUT2D eigenvalue weighted by Gasteiger charge is -2.36. The predicted molar refractivity (Wildman–Crippen MR) is 129 cm³/mol. The van der Waals surface area contributed by atoms with Gasteiger partial charge in [0.05, 0.1) is 0 Å². The number of rotatable bonds is 8. The first-order valence-corrected chi connectivity index (χ1v) is 11.8. The number of nitrogens with zero attached hydrogens (tertiary/aromatic N) is 4. The molecule has 0 bridgehead atoms. The van der Waals surface area contributed by atoms with Crippen LogP contribution < -0.4 is 5.32 Å². The molecule has 3 atom stereocenters. The molecule has 0 saturated carbocycles. The summed E-state index contributed by atoms with van der Waals surface area (Å²) < 4.78 is 16.9. The van der Waals surface area contributed by atoms with Crippen LogP contribution in [0.4, 0.5) is 4.39 Å². The van der Waals surface area contributed by atoms with Gasteiger partial charge in [0.25, 0.3) is 0 Å². The lowest BCUT2D eigenvalue weighted by Crippen LogP contribution is -2.51. The molecular formula is C26H31FN6. The smallest absolute Gasteiger partial charge is 0.128 e. The number of H-pyrrole nitrogens is 1. The molecule has 0 radical (unpaired) electrons. The van der Waals surface area contributed by atoms with Crippen molar-refractivity contribution in [2.75, 3.05) is 19.6 Å². The summed E-state index contributed by atoms with van der Waals surface area (Å²) in [6.07, 6.45) is 7.48. The largest absolute Gasteiger partial charge is 0.361 e. The second kappa shape index (κ2) is 9.85. The molecule has 4 aromatic rings. The standard InChI is InChI=1S/C26H31FN6/c1-19(20-6-3-2-4-7-20)31-26-11-13-32(16-24(26)27)12-5-8-21-15-28-25-10-9-22(14-23(21)25)33-17-29-30-18-33/h2-4,6-7,9-10,14-15,17-19,24,26,28,31H,5,8,11-13,16H2,1H3/t19-,24+,26+/m1/s1. The Hall–Kier alpha value is -3.03. The zero-order valence-corrected chi connectivity index (χ0v) is 19.0. The Bertz CT molecular complexity index is 1160. The Morgan fingerprint density at radius 3 is 2.76 bits per heavy atom. The van der Waals surface area contributed by atoms with Gasteiger partial charge in [-0.25, -0.2) is 4.39 Å². The molecule has 1 saturated heterocycles. The first-order valence-electron chi connectivity index (χ1n) is 11.8. The van der Waals surface area contributed by atoms with Gasteiger partial charge in [-0.1, -0.05) is 30.3 Å². The normalized spacial score (nSPS) is 20.3. The van der Waals surface area contributed by atoms with E-state index in [0.29, 0.717) is 6.54 Å². The monoisotopic (exact) mass is 446 g/mol. The third kappa shape index (κ3) is 4.99. The van der Waals surface area contributed by atoms with Crippen molar-refractivity contribution in [2.45, 2.75) is 44.4 Å². The molecule has 5 rings (SSSR count). The molecule has 0 unspecified atom stereocenters. The highest BCUT2D eigenvalue weighted by Gasteiger charge is 2.29. The van der Waals surface area contributed by atoms with Gasteiger partial charge in [0.2, 0.25) is 0 Å². The van der Waals surface area contributed by atoms with Gasteiger partial charge in [0, 0.05) is 41.4 Å². The summed E-state index contributed by atoms with van der Waals surface area (Å²) in [5.74, 6) is 0. The van der Waals surface area contributed by atoms with E-state index >= 15 is 0 Å². The van der Waals surface area contributed by atoms with E-state index in [9.17, 15) is 4.39 Å². The third-order valence-electron chi connectivity index (χ3n) is 6.78. The summed E-state index contributed by atoms with van der Waals surface area (Å²) in [5.41, 5.74) is 4.68. The molecule has 1 aliphatic rings. The lowest BCUT2D eigenvalue weighted by molar-refractivity contribution is 0.0981. The molecule has 1 fully saturated rings. The molecule has 2 N–H and O–H groups in total. The average Bonchev–Trinajstić information content (AvgIpc) is 3.51. The van der Waals surface area contributed by atoms with E-state index in [2.05, 4.69) is 68.9 Å². The predicted octanol–water partition coefficient (Wildman–Crippen LogP) is 4.44. The Morgan fingerprint density at radius 1 is 1.15 bits per heavy atom. The van der Waals surface area contributed by atoms with Gasteiger partial charge in [0.1, 0.15) is 18.8 Å². The van der Waals surface area contributed by atoms with Gasteiger partial charge in [-0.15, -0.1) is 10.2 Å². The first kappa shape index (κ1) is 21.8. The van der Waals surface area contributed by atoms with Crippen molar-refractivity contribution in [3.05, 3.63) is 78.5 Å². The van der Waals surface area contributed by atoms with Gasteiger partial charge in [0.15, 0.2) is 0 Å². The van der Waals surface area contributed by atoms with Crippen LogP contribution in [0.15, 0.2) is 67.4 Å². The number of halogens is 1. The van der Waals surface area contributed by atoms with E-state index in [0.717, 1.165) is 43.6 Å². The SMILES string of the molecule is C[C@@H](N[C@H]1CCN(CCCc2c[nH]c3ccc(-n4cnnc4)cc23)C[C@@H]1F)c1ccccc1. The quantitative estimate of drug-likeness (QED) is 0.420. The Morgan fingerprint density at radius 2 is 1.97 bits per heavy atom. The van der Waals surface area contributed by atoms with Crippen molar-refractivity contribution in [2.24, 2.45) is 0 Å². The summed E-state index contributed by atoms with van der Waals surface area (Å²) >= 11 is 0. The maximum atomic E-state index is 14.9. The molecule has 7 heteroatoms. The molecule has 2 aromatic heterocycles. The highest BCUT2D eigenvalue weighted by atomic mass is 19.1. The fourth-order valence-electron chi connectivity index (χ4n) is 4.88. The summed E-state index contributed by atoms with van der Waals surface area (Å²) in [7, 11) is 0. The van der Waals surface area contributed by atoms with Crippen molar-refractivity contribution in [1.29, 1.82) is 0 Å². The number of hydrogen-bond donors (Lipinski definition) is 2. The molecule has 172 valence electrons. The van der Waals surface area contributed by atoms with Crippen molar-refractivity contribution < 1.29 is 4.39 Å². The topological polar surface area (TPSA) is 61.8 Å². The fourth-order valence-corrected chi connectivity index (χ4v) is 4.88. The van der Waals surface area contributed by atoms with Gasteiger partial charge in [-0.2, -0.15) is 0 Å². The minimum atomic E-state index is -0.843. The second-order valence-corrected chi connectivity index (χ2v) is 9.03. The van der Waals surface area contributed by atoms with Gasteiger partial charge >= 0.3 is 0 Å². The number of piperidine rings is 1. The van der Waals surface area contributed by atoms with Crippen LogP contribution in [-0.2, 0) is 6.42 Å². The summed E-state index contributed by atoms with van der Waals surface area (Å²) in [6.45, 7) is 4.47. The molecule has 0 aliphatic carbocycles. The van der Waals surface area contributed by atoms with E-state index in [4.69, 9.17) is 0 Å². The van der Waals surface area contributed by atoms with Crippen LogP contribution in [0.5, 0.6) is 0 Å². The third-order valence-corrected chi connectivity index (χ3v) is 6.78. The van der Waals surface area contributed by atoms with Crippen LogP contribution in [0.2, 0.25) is 0 Å². The molecule has 1 aliphatic heterocycles. The minimum Gasteiger partial charge on any atom is -0.361 e. The zero-order valence-electron chi connectivity index (χ0n) is 19.0. The fraction of sp³-hybridized carbons (Fsp3) is 0.385. The maximum absolute atomic E-state index is 14.9. The average molecular weight is 447 g/mol. The van der Waals surface area contributed by atoms with Crippen molar-refractivity contribution in [3.63, 3.8) is 0 Å². The number of hydrogen-bond acceptors (Lipinski definition) is 4. The molecular weight excluding hydrogens is 415 g/mol. The van der Waals surface area contributed by atoms with Crippen LogP contribution in [0.25, 0.3) is 16.6 Å². The first-order chi connectivity index (χ1) is 16.2. The van der Waals surface area contributed by atoms with Gasteiger partial charge < -0.3 is 15.2 Å². The number of alkyl halides is 1. The number of benzene rings is 2. The van der Waals surface area contributed by atoms with E-state index < -0.39 is 6.17 Å². The van der Waals surface area contributed by atoms with Crippen LogP contribution in [-0.4, -0.2) is 56.5 Å². The lowest BCUT2D eigenvalue weighted by atomic mass is 9.99.